The van der Waals surface area contributed by atoms with Crippen LogP contribution in [-0.2, 0) is 0 Å². The predicted octanol–water partition coefficient (Wildman–Crippen LogP) is 12.1. The summed E-state index contributed by atoms with van der Waals surface area (Å²) in [5.41, 5.74) is 9.49. The number of benzene rings is 8. The number of furan rings is 1. The highest BCUT2D eigenvalue weighted by molar-refractivity contribution is 6.40. The highest BCUT2D eigenvalue weighted by atomic mass is 16.3. The van der Waals surface area contributed by atoms with Crippen molar-refractivity contribution in [2.75, 3.05) is 4.90 Å². The normalized spacial score (nSPS) is 11.9. The number of para-hydroxylation sites is 2. The Balaban J connectivity index is 1.12. The quantitative estimate of drug-likeness (QED) is 0.148. The third-order valence-corrected chi connectivity index (χ3v) is 9.42. The third kappa shape index (κ3) is 3.63. The number of nitrogens with zero attached hydrogens (tertiary/aromatic N) is 2. The Kier molecular flexibility index (Phi) is 5.28. The first-order chi connectivity index (χ1) is 22.8. The molecule has 0 aliphatic heterocycles. The number of hydrogen-bond donors (Lipinski definition) is 0. The average Bonchev–Trinajstić information content (AvgIpc) is 3.52. The SMILES string of the molecule is c1ccc(N(c2ccccc2)c2ccc(-c3cccc(-c4cc5ccc6cccc7c8ccnc9oc4c(c98)c5c67)c3)cc2)cc1. The molecule has 3 nitrogen and oxygen atoms in total. The first-order valence-corrected chi connectivity index (χ1v) is 15.6. The molecule has 2 aromatic heterocycles. The van der Waals surface area contributed by atoms with Gasteiger partial charge in [0.15, 0.2) is 0 Å². The lowest BCUT2D eigenvalue weighted by Gasteiger charge is -2.25. The third-order valence-electron chi connectivity index (χ3n) is 9.42. The largest absolute Gasteiger partial charge is 0.437 e. The van der Waals surface area contributed by atoms with Gasteiger partial charge in [-0.25, -0.2) is 4.98 Å². The lowest BCUT2D eigenvalue weighted by molar-refractivity contribution is 0.655. The van der Waals surface area contributed by atoms with E-state index in [0.717, 1.165) is 50.3 Å². The number of hydrogen-bond acceptors (Lipinski definition) is 3. The maximum atomic E-state index is 6.62. The van der Waals surface area contributed by atoms with Crippen LogP contribution in [0.2, 0.25) is 0 Å². The molecule has 0 atom stereocenters. The Hall–Kier alpha value is -6.19. The molecule has 10 rings (SSSR count). The fourth-order valence-electron chi connectivity index (χ4n) is 7.39. The van der Waals surface area contributed by atoms with Gasteiger partial charge in [0.25, 0.3) is 0 Å². The monoisotopic (exact) mass is 586 g/mol. The minimum Gasteiger partial charge on any atom is -0.437 e. The highest BCUT2D eigenvalue weighted by Gasteiger charge is 2.23. The second-order valence-electron chi connectivity index (χ2n) is 12.0. The number of fused-ring (bicyclic) bond motifs is 1. The molecule has 0 N–H and O–H groups in total. The molecule has 2 heterocycles. The van der Waals surface area contributed by atoms with Crippen molar-refractivity contribution < 1.29 is 4.42 Å². The zero-order valence-corrected chi connectivity index (χ0v) is 24.8. The molecular formula is C43H26N2O. The van der Waals surface area contributed by atoms with Crippen LogP contribution in [0, 0.1) is 0 Å². The van der Waals surface area contributed by atoms with Gasteiger partial charge in [-0.2, -0.15) is 0 Å². The summed E-state index contributed by atoms with van der Waals surface area (Å²) in [6, 6.07) is 54.1. The van der Waals surface area contributed by atoms with E-state index in [9.17, 15) is 0 Å². The Morgan fingerprint density at radius 1 is 0.435 bits per heavy atom. The maximum Gasteiger partial charge on any atom is 0.227 e. The lowest BCUT2D eigenvalue weighted by Crippen LogP contribution is -2.09. The van der Waals surface area contributed by atoms with E-state index in [1.165, 1.54) is 37.7 Å². The molecule has 0 radical (unpaired) electrons. The van der Waals surface area contributed by atoms with E-state index in [1.807, 2.05) is 6.20 Å². The van der Waals surface area contributed by atoms with Gasteiger partial charge < -0.3 is 9.32 Å². The van der Waals surface area contributed by atoms with E-state index in [0.29, 0.717) is 5.71 Å². The summed E-state index contributed by atoms with van der Waals surface area (Å²) in [4.78, 5) is 6.96. The summed E-state index contributed by atoms with van der Waals surface area (Å²) in [6.45, 7) is 0. The van der Waals surface area contributed by atoms with Crippen LogP contribution in [0.1, 0.15) is 0 Å². The van der Waals surface area contributed by atoms with Crippen molar-refractivity contribution in [1.29, 1.82) is 0 Å². The van der Waals surface area contributed by atoms with Crippen molar-refractivity contribution in [3.05, 3.63) is 158 Å². The minimum atomic E-state index is 0.695. The second-order valence-corrected chi connectivity index (χ2v) is 12.0. The minimum absolute atomic E-state index is 0.695. The van der Waals surface area contributed by atoms with Crippen molar-refractivity contribution in [2.24, 2.45) is 0 Å². The molecule has 0 unspecified atom stereocenters. The fraction of sp³-hybridized carbons (Fsp3) is 0. The summed E-state index contributed by atoms with van der Waals surface area (Å²) in [5.74, 6) is 0. The second kappa shape index (κ2) is 9.65. The van der Waals surface area contributed by atoms with Gasteiger partial charge in [-0.15, -0.1) is 0 Å². The average molecular weight is 587 g/mol. The van der Waals surface area contributed by atoms with Crippen molar-refractivity contribution in [3.8, 4) is 22.3 Å². The molecule has 0 bridgehead atoms. The van der Waals surface area contributed by atoms with Gasteiger partial charge >= 0.3 is 0 Å². The Morgan fingerprint density at radius 2 is 1.11 bits per heavy atom. The van der Waals surface area contributed by atoms with Gasteiger partial charge in [0.1, 0.15) is 5.58 Å². The molecule has 10 aromatic rings. The zero-order chi connectivity index (χ0) is 30.2. The standard InChI is InChI=1S/C43H26N2O/c1-3-12-32(13-4-1)45(33-14-5-2-6-15-33)34-21-19-27(20-22-34)29-10-7-11-30(25-29)37-26-31-18-17-28-9-8-16-35-36-23-24-44-43-40(36)41(42(37)46-43)39(31)38(28)35/h1-26H. The maximum absolute atomic E-state index is 6.62. The van der Waals surface area contributed by atoms with E-state index < -0.39 is 0 Å². The predicted molar refractivity (Wildman–Crippen MR) is 192 cm³/mol. The van der Waals surface area contributed by atoms with E-state index in [2.05, 4.69) is 162 Å². The van der Waals surface area contributed by atoms with Crippen LogP contribution in [0.15, 0.2) is 162 Å². The van der Waals surface area contributed by atoms with Crippen LogP contribution in [-0.4, -0.2) is 4.98 Å². The first-order valence-electron chi connectivity index (χ1n) is 15.6. The summed E-state index contributed by atoms with van der Waals surface area (Å²) in [6.07, 6.45) is 1.87. The fourth-order valence-corrected chi connectivity index (χ4v) is 7.39. The van der Waals surface area contributed by atoms with E-state index >= 15 is 0 Å². The molecular weight excluding hydrogens is 560 g/mol. The molecule has 0 amide bonds. The van der Waals surface area contributed by atoms with Crippen LogP contribution in [0.25, 0.3) is 76.6 Å². The molecule has 0 saturated heterocycles. The van der Waals surface area contributed by atoms with Crippen molar-refractivity contribution in [2.45, 2.75) is 0 Å². The van der Waals surface area contributed by atoms with Gasteiger partial charge in [-0.3, -0.25) is 0 Å². The number of anilines is 3. The van der Waals surface area contributed by atoms with Crippen molar-refractivity contribution >= 4 is 71.4 Å². The summed E-state index contributed by atoms with van der Waals surface area (Å²) in [5, 5.41) is 9.76. The molecule has 0 aliphatic rings. The molecule has 8 aromatic carbocycles. The van der Waals surface area contributed by atoms with E-state index in [1.54, 1.807) is 0 Å². The Bertz CT molecular complexity index is 2640. The lowest BCUT2D eigenvalue weighted by atomic mass is 9.87. The molecule has 3 heteroatoms. The van der Waals surface area contributed by atoms with E-state index in [-0.39, 0.29) is 0 Å². The van der Waals surface area contributed by atoms with E-state index in [4.69, 9.17) is 4.42 Å². The molecule has 0 fully saturated rings. The molecule has 0 spiro atoms. The zero-order valence-electron chi connectivity index (χ0n) is 24.8. The molecule has 0 aliphatic carbocycles. The van der Waals surface area contributed by atoms with Crippen LogP contribution >= 0.6 is 0 Å². The Morgan fingerprint density at radius 3 is 1.89 bits per heavy atom. The number of aromatic nitrogens is 1. The molecule has 0 saturated carbocycles. The summed E-state index contributed by atoms with van der Waals surface area (Å²) < 4.78 is 6.62. The Labute approximate surface area is 265 Å². The van der Waals surface area contributed by atoms with Crippen LogP contribution in [0.5, 0.6) is 0 Å². The van der Waals surface area contributed by atoms with Crippen molar-refractivity contribution in [3.63, 3.8) is 0 Å². The summed E-state index contributed by atoms with van der Waals surface area (Å²) in [7, 11) is 0. The van der Waals surface area contributed by atoms with Gasteiger partial charge in [0.05, 0.1) is 5.39 Å². The van der Waals surface area contributed by atoms with Gasteiger partial charge in [-0.05, 0) is 98.2 Å². The smallest absolute Gasteiger partial charge is 0.227 e. The van der Waals surface area contributed by atoms with Crippen molar-refractivity contribution in [1.82, 2.24) is 4.98 Å². The van der Waals surface area contributed by atoms with Gasteiger partial charge in [0.2, 0.25) is 5.71 Å². The van der Waals surface area contributed by atoms with Gasteiger partial charge in [0, 0.05) is 39.6 Å². The topological polar surface area (TPSA) is 29.3 Å². The molecule has 214 valence electrons. The number of pyridine rings is 1. The van der Waals surface area contributed by atoms with Crippen LogP contribution in [0.4, 0.5) is 17.1 Å². The van der Waals surface area contributed by atoms with Crippen LogP contribution in [0.3, 0.4) is 0 Å². The molecule has 46 heavy (non-hydrogen) atoms. The van der Waals surface area contributed by atoms with Gasteiger partial charge in [-0.1, -0.05) is 97.1 Å². The summed E-state index contributed by atoms with van der Waals surface area (Å²) >= 11 is 0. The number of rotatable bonds is 5. The highest BCUT2D eigenvalue weighted by Crippen LogP contribution is 2.48. The first kappa shape index (κ1) is 25.2. The van der Waals surface area contributed by atoms with Crippen LogP contribution < -0.4 is 4.90 Å².